The summed E-state index contributed by atoms with van der Waals surface area (Å²) in [6.07, 6.45) is 4.67. The van der Waals surface area contributed by atoms with Crippen LogP contribution in [0.1, 0.15) is 49.9 Å². The molecule has 2 fully saturated rings. The fraction of sp³-hybridized carbons (Fsp3) is 0.636. The van der Waals surface area contributed by atoms with E-state index in [1.54, 1.807) is 40.9 Å². The van der Waals surface area contributed by atoms with Crippen LogP contribution in [0.15, 0.2) is 24.3 Å². The van der Waals surface area contributed by atoms with Crippen LogP contribution in [0.4, 0.5) is 0 Å². The Morgan fingerprint density at radius 1 is 1.17 bits per heavy atom. The highest BCUT2D eigenvalue weighted by molar-refractivity contribution is 8.00. The molecule has 3 rings (SSSR count). The molecule has 0 bridgehead atoms. The summed E-state index contributed by atoms with van der Waals surface area (Å²) in [6, 6.07) is 6.51. The molecule has 7 heteroatoms. The van der Waals surface area contributed by atoms with Gasteiger partial charge in [0, 0.05) is 29.4 Å². The third-order valence-corrected chi connectivity index (χ3v) is 7.13. The second-order valence-electron chi connectivity index (χ2n) is 8.35. The van der Waals surface area contributed by atoms with Gasteiger partial charge in [-0.25, -0.2) is 0 Å². The van der Waals surface area contributed by atoms with E-state index in [0.717, 1.165) is 26.1 Å². The third kappa shape index (κ3) is 6.12. The van der Waals surface area contributed by atoms with Crippen molar-refractivity contribution in [2.24, 2.45) is 5.92 Å². The van der Waals surface area contributed by atoms with E-state index in [9.17, 15) is 9.59 Å². The van der Waals surface area contributed by atoms with Gasteiger partial charge in [-0.2, -0.15) is 0 Å². The maximum Gasteiger partial charge on any atom is 0.255 e. The minimum absolute atomic E-state index is 0.0241. The summed E-state index contributed by atoms with van der Waals surface area (Å²) in [6.45, 7) is 8.05. The monoisotopic (exact) mass is 437 g/mol. The highest BCUT2D eigenvalue weighted by Crippen LogP contribution is 2.34. The Hall–Kier alpha value is -1.24. The Kier molecular flexibility index (Phi) is 8.27. The number of likely N-dealkylation sites (tertiary alicyclic amines) is 1. The molecule has 2 aliphatic rings. The molecule has 2 amide bonds. The molecule has 1 N–H and O–H groups in total. The highest BCUT2D eigenvalue weighted by atomic mass is 35.5. The number of carbonyl (C=O) groups excluding carboxylic acids is 2. The molecule has 2 saturated heterocycles. The van der Waals surface area contributed by atoms with Gasteiger partial charge >= 0.3 is 0 Å². The van der Waals surface area contributed by atoms with Crippen LogP contribution in [-0.2, 0) is 4.79 Å². The molecule has 1 aromatic rings. The first kappa shape index (κ1) is 22.4. The van der Waals surface area contributed by atoms with Gasteiger partial charge in [-0.1, -0.05) is 31.9 Å². The summed E-state index contributed by atoms with van der Waals surface area (Å²) < 4.78 is 0. The molecule has 0 aromatic heterocycles. The number of hydrogen-bond acceptors (Lipinski definition) is 4. The third-order valence-electron chi connectivity index (χ3n) is 5.57. The van der Waals surface area contributed by atoms with Crippen molar-refractivity contribution in [3.8, 4) is 0 Å². The number of rotatable bonds is 7. The maximum atomic E-state index is 13.3. The van der Waals surface area contributed by atoms with Crippen molar-refractivity contribution in [2.75, 3.05) is 31.9 Å². The molecule has 2 atom stereocenters. The lowest BCUT2D eigenvalue weighted by molar-refractivity contribution is -0.124. The van der Waals surface area contributed by atoms with E-state index in [0.29, 0.717) is 28.8 Å². The van der Waals surface area contributed by atoms with E-state index >= 15 is 0 Å². The van der Waals surface area contributed by atoms with Crippen molar-refractivity contribution in [2.45, 2.75) is 50.9 Å². The van der Waals surface area contributed by atoms with Crippen LogP contribution < -0.4 is 5.32 Å². The summed E-state index contributed by atoms with van der Waals surface area (Å²) in [5.74, 6) is 0.970. The molecule has 2 heterocycles. The molecule has 0 saturated carbocycles. The van der Waals surface area contributed by atoms with E-state index in [1.807, 2.05) is 0 Å². The lowest BCUT2D eigenvalue weighted by Crippen LogP contribution is -2.51. The summed E-state index contributed by atoms with van der Waals surface area (Å²) in [5.41, 5.74) is 0.580. The summed E-state index contributed by atoms with van der Waals surface area (Å²) in [7, 11) is 0. The van der Waals surface area contributed by atoms with Gasteiger partial charge < -0.3 is 15.1 Å². The van der Waals surface area contributed by atoms with Crippen molar-refractivity contribution >= 4 is 35.2 Å². The Balaban J connectivity index is 1.65. The normalized spacial score (nSPS) is 22.8. The van der Waals surface area contributed by atoms with E-state index in [4.69, 9.17) is 11.6 Å². The Morgan fingerprint density at radius 2 is 1.86 bits per heavy atom. The minimum atomic E-state index is -0.423. The first-order valence-corrected chi connectivity index (χ1v) is 12.1. The number of amides is 2. The van der Waals surface area contributed by atoms with Crippen LogP contribution in [-0.4, -0.2) is 65.0 Å². The van der Waals surface area contributed by atoms with Gasteiger partial charge in [0.05, 0.1) is 5.37 Å². The van der Waals surface area contributed by atoms with E-state index in [-0.39, 0.29) is 17.2 Å². The molecule has 0 spiro atoms. The van der Waals surface area contributed by atoms with E-state index < -0.39 is 6.04 Å². The second kappa shape index (κ2) is 10.7. The second-order valence-corrected chi connectivity index (χ2v) is 9.99. The molecular weight excluding hydrogens is 406 g/mol. The number of carbonyl (C=O) groups is 2. The van der Waals surface area contributed by atoms with Crippen LogP contribution in [0.25, 0.3) is 0 Å². The van der Waals surface area contributed by atoms with Gasteiger partial charge in [-0.3, -0.25) is 9.59 Å². The molecule has 29 heavy (non-hydrogen) atoms. The summed E-state index contributed by atoms with van der Waals surface area (Å²) in [4.78, 5) is 30.4. The van der Waals surface area contributed by atoms with Crippen LogP contribution in [0.2, 0.25) is 5.02 Å². The van der Waals surface area contributed by atoms with Crippen LogP contribution >= 0.6 is 23.4 Å². The minimum Gasteiger partial charge on any atom is -0.353 e. The van der Waals surface area contributed by atoms with Crippen LogP contribution in [0.5, 0.6) is 0 Å². The van der Waals surface area contributed by atoms with E-state index in [1.165, 1.54) is 19.3 Å². The number of hydrogen-bond donors (Lipinski definition) is 1. The summed E-state index contributed by atoms with van der Waals surface area (Å²) >= 11 is 7.69. The van der Waals surface area contributed by atoms with Crippen molar-refractivity contribution in [3.05, 3.63) is 34.9 Å². The Bertz CT molecular complexity index is 692. The van der Waals surface area contributed by atoms with Crippen LogP contribution in [0.3, 0.4) is 0 Å². The number of piperidine rings is 1. The zero-order valence-electron chi connectivity index (χ0n) is 17.4. The molecule has 0 radical (unpaired) electrons. The Labute approximate surface area is 183 Å². The topological polar surface area (TPSA) is 52.7 Å². The highest BCUT2D eigenvalue weighted by Gasteiger charge is 2.41. The van der Waals surface area contributed by atoms with Crippen molar-refractivity contribution < 1.29 is 9.59 Å². The molecule has 1 aromatic carbocycles. The fourth-order valence-electron chi connectivity index (χ4n) is 4.00. The molecular formula is C22H32ClN3O2S. The van der Waals surface area contributed by atoms with Gasteiger partial charge in [0.2, 0.25) is 5.91 Å². The fourth-order valence-corrected chi connectivity index (χ4v) is 5.77. The number of nitrogens with one attached hydrogen (secondary N) is 1. The Morgan fingerprint density at radius 3 is 2.52 bits per heavy atom. The number of benzene rings is 1. The first-order valence-electron chi connectivity index (χ1n) is 10.7. The number of thioether (sulfide) groups is 1. The van der Waals surface area contributed by atoms with Gasteiger partial charge in [-0.05, 0) is 62.5 Å². The average molecular weight is 438 g/mol. The first-order chi connectivity index (χ1) is 14.0. The SMILES string of the molecule is CC(C)CC1SCC(C(=O)NCCN2CCCCC2)N1C(=O)c1ccc(Cl)cc1. The van der Waals surface area contributed by atoms with Crippen LogP contribution in [0, 0.1) is 5.92 Å². The van der Waals surface area contributed by atoms with Crippen molar-refractivity contribution in [1.82, 2.24) is 15.1 Å². The molecule has 2 unspecified atom stereocenters. The van der Waals surface area contributed by atoms with Gasteiger partial charge in [0.1, 0.15) is 6.04 Å². The average Bonchev–Trinajstić information content (AvgIpc) is 3.11. The smallest absolute Gasteiger partial charge is 0.255 e. The number of halogens is 1. The van der Waals surface area contributed by atoms with Crippen molar-refractivity contribution in [3.63, 3.8) is 0 Å². The molecule has 2 aliphatic heterocycles. The molecule has 160 valence electrons. The van der Waals surface area contributed by atoms with Gasteiger partial charge in [0.15, 0.2) is 0 Å². The predicted molar refractivity (Wildman–Crippen MR) is 120 cm³/mol. The maximum absolute atomic E-state index is 13.3. The van der Waals surface area contributed by atoms with E-state index in [2.05, 4.69) is 24.1 Å². The van der Waals surface area contributed by atoms with Gasteiger partial charge in [-0.15, -0.1) is 11.8 Å². The quantitative estimate of drug-likeness (QED) is 0.703. The zero-order chi connectivity index (χ0) is 20.8. The molecule has 0 aliphatic carbocycles. The van der Waals surface area contributed by atoms with Gasteiger partial charge in [0.25, 0.3) is 5.91 Å². The summed E-state index contributed by atoms with van der Waals surface area (Å²) in [5, 5.41) is 3.71. The predicted octanol–water partition coefficient (Wildman–Crippen LogP) is 3.87. The van der Waals surface area contributed by atoms with Crippen molar-refractivity contribution in [1.29, 1.82) is 0 Å². The number of nitrogens with zero attached hydrogens (tertiary/aromatic N) is 2. The molecule has 5 nitrogen and oxygen atoms in total. The standard InChI is InChI=1S/C22H32ClN3O2S/c1-16(2)14-20-26(22(28)17-6-8-18(23)9-7-17)19(15-29-20)21(27)24-10-13-25-11-4-3-5-12-25/h6-9,16,19-20H,3-5,10-15H2,1-2H3,(H,24,27). The lowest BCUT2D eigenvalue weighted by atomic mass is 10.1. The zero-order valence-corrected chi connectivity index (χ0v) is 19.0. The lowest BCUT2D eigenvalue weighted by Gasteiger charge is -2.30. The largest absolute Gasteiger partial charge is 0.353 e.